The normalized spacial score (nSPS) is 34.2. The third-order valence-electron chi connectivity index (χ3n) is 2.70. The monoisotopic (exact) mass is 190 g/mol. The average molecular weight is 191 g/mol. The van der Waals surface area contributed by atoms with E-state index in [2.05, 4.69) is 0 Å². The van der Waals surface area contributed by atoms with Crippen molar-refractivity contribution in [1.82, 2.24) is 0 Å². The van der Waals surface area contributed by atoms with E-state index in [0.717, 1.165) is 12.8 Å². The van der Waals surface area contributed by atoms with Gasteiger partial charge in [-0.05, 0) is 12.8 Å². The van der Waals surface area contributed by atoms with Crippen molar-refractivity contribution in [1.29, 1.82) is 0 Å². The van der Waals surface area contributed by atoms with E-state index < -0.39 is 0 Å². The molecule has 1 atom stereocenters. The molecule has 0 aromatic rings. The number of hydrogen-bond donors (Lipinski definition) is 0. The first kappa shape index (κ1) is 8.79. The van der Waals surface area contributed by atoms with Crippen LogP contribution in [0.4, 0.5) is 0 Å². The number of halogens is 1. The summed E-state index contributed by atoms with van der Waals surface area (Å²) >= 11 is 5.71. The molecule has 0 aromatic heterocycles. The second-order valence-electron chi connectivity index (χ2n) is 3.68. The Labute approximate surface area is 78.2 Å². The number of hydrogen-bond acceptors (Lipinski definition) is 2. The maximum atomic E-state index is 5.78. The molecule has 3 heteroatoms. The first-order chi connectivity index (χ1) is 5.85. The van der Waals surface area contributed by atoms with E-state index in [-0.39, 0.29) is 11.9 Å². The van der Waals surface area contributed by atoms with Crippen molar-refractivity contribution >= 4 is 11.6 Å². The van der Waals surface area contributed by atoms with Gasteiger partial charge < -0.3 is 9.47 Å². The summed E-state index contributed by atoms with van der Waals surface area (Å²) in [7, 11) is 0. The molecule has 2 aliphatic rings. The summed E-state index contributed by atoms with van der Waals surface area (Å²) in [4.78, 5) is 0. The molecule has 1 saturated heterocycles. The molecule has 0 N–H and O–H groups in total. The van der Waals surface area contributed by atoms with Crippen molar-refractivity contribution in [2.24, 2.45) is 0 Å². The lowest BCUT2D eigenvalue weighted by atomic mass is 9.94. The molecule has 12 heavy (non-hydrogen) atoms. The molecular formula is C9H15ClO2. The molecule has 2 fully saturated rings. The first-order valence-corrected chi connectivity index (χ1v) is 5.26. The summed E-state index contributed by atoms with van der Waals surface area (Å²) in [5, 5.41) is 0. The van der Waals surface area contributed by atoms with E-state index in [9.17, 15) is 0 Å². The van der Waals surface area contributed by atoms with Crippen LogP contribution >= 0.6 is 11.6 Å². The standard InChI is InChI=1S/C9H15ClO2/c10-6-8-7-11-9(12-8)4-2-1-3-5-9/h8H,1-7H2/t8-/m1/s1. The summed E-state index contributed by atoms with van der Waals surface area (Å²) in [6, 6.07) is 0. The van der Waals surface area contributed by atoms with Gasteiger partial charge in [-0.3, -0.25) is 0 Å². The van der Waals surface area contributed by atoms with Gasteiger partial charge >= 0.3 is 0 Å². The van der Waals surface area contributed by atoms with E-state index >= 15 is 0 Å². The van der Waals surface area contributed by atoms with Crippen LogP contribution in [0, 0.1) is 0 Å². The third kappa shape index (κ3) is 1.61. The summed E-state index contributed by atoms with van der Waals surface area (Å²) in [6.45, 7) is 0.684. The van der Waals surface area contributed by atoms with Gasteiger partial charge in [-0.1, -0.05) is 6.42 Å². The van der Waals surface area contributed by atoms with Crippen molar-refractivity contribution in [2.75, 3.05) is 12.5 Å². The van der Waals surface area contributed by atoms with E-state index in [1.54, 1.807) is 0 Å². The molecule has 0 bridgehead atoms. The Kier molecular flexibility index (Phi) is 2.58. The Morgan fingerprint density at radius 1 is 1.25 bits per heavy atom. The van der Waals surface area contributed by atoms with Gasteiger partial charge in [0.25, 0.3) is 0 Å². The molecule has 0 aromatic carbocycles. The van der Waals surface area contributed by atoms with Gasteiger partial charge in [-0.15, -0.1) is 11.6 Å². The highest BCUT2D eigenvalue weighted by atomic mass is 35.5. The molecule has 1 spiro atoms. The average Bonchev–Trinajstić information content (AvgIpc) is 2.50. The Morgan fingerprint density at radius 2 is 2.00 bits per heavy atom. The zero-order valence-electron chi connectivity index (χ0n) is 7.22. The lowest BCUT2D eigenvalue weighted by Crippen LogP contribution is -2.33. The van der Waals surface area contributed by atoms with Crippen LogP contribution in [0.3, 0.4) is 0 Å². The lowest BCUT2D eigenvalue weighted by Gasteiger charge is -2.31. The van der Waals surface area contributed by atoms with Gasteiger partial charge in [0, 0.05) is 12.8 Å². The van der Waals surface area contributed by atoms with Gasteiger partial charge in [-0.2, -0.15) is 0 Å². The third-order valence-corrected chi connectivity index (χ3v) is 3.05. The summed E-state index contributed by atoms with van der Waals surface area (Å²) in [5.41, 5.74) is 0. The smallest absolute Gasteiger partial charge is 0.168 e. The van der Waals surface area contributed by atoms with Crippen LogP contribution in [0.15, 0.2) is 0 Å². The first-order valence-electron chi connectivity index (χ1n) is 4.72. The zero-order chi connectivity index (χ0) is 8.44. The van der Waals surface area contributed by atoms with Crippen molar-refractivity contribution < 1.29 is 9.47 Å². The number of rotatable bonds is 1. The molecule has 0 amide bonds. The Hall–Kier alpha value is 0.210. The lowest BCUT2D eigenvalue weighted by molar-refractivity contribution is -0.185. The van der Waals surface area contributed by atoms with Crippen molar-refractivity contribution in [3.63, 3.8) is 0 Å². The van der Waals surface area contributed by atoms with Crippen LogP contribution in [0.1, 0.15) is 32.1 Å². The molecule has 0 radical (unpaired) electrons. The van der Waals surface area contributed by atoms with Crippen LogP contribution in [-0.2, 0) is 9.47 Å². The molecule has 1 heterocycles. The quantitative estimate of drug-likeness (QED) is 0.591. The van der Waals surface area contributed by atoms with E-state index in [4.69, 9.17) is 21.1 Å². The van der Waals surface area contributed by atoms with Crippen LogP contribution in [0.25, 0.3) is 0 Å². The predicted molar refractivity (Wildman–Crippen MR) is 47.4 cm³/mol. The zero-order valence-corrected chi connectivity index (χ0v) is 7.98. The van der Waals surface area contributed by atoms with Gasteiger partial charge in [0.05, 0.1) is 18.6 Å². The van der Waals surface area contributed by atoms with E-state index in [0.29, 0.717) is 12.5 Å². The van der Waals surface area contributed by atoms with Gasteiger partial charge in [-0.25, -0.2) is 0 Å². The van der Waals surface area contributed by atoms with Crippen molar-refractivity contribution in [2.45, 2.75) is 44.0 Å². The summed E-state index contributed by atoms with van der Waals surface area (Å²) in [5.74, 6) is 0.319. The molecule has 2 nitrogen and oxygen atoms in total. The second kappa shape index (κ2) is 3.52. The van der Waals surface area contributed by atoms with Crippen LogP contribution in [-0.4, -0.2) is 24.4 Å². The minimum absolute atomic E-state index is 0.129. The Bertz CT molecular complexity index is 155. The maximum absolute atomic E-state index is 5.78. The summed E-state index contributed by atoms with van der Waals surface area (Å²) < 4.78 is 11.5. The highest BCUT2D eigenvalue weighted by molar-refractivity contribution is 6.18. The van der Waals surface area contributed by atoms with Crippen LogP contribution in [0.5, 0.6) is 0 Å². The molecule has 1 aliphatic carbocycles. The molecule has 1 saturated carbocycles. The van der Waals surface area contributed by atoms with E-state index in [1.165, 1.54) is 19.3 Å². The molecule has 1 aliphatic heterocycles. The molecule has 2 rings (SSSR count). The van der Waals surface area contributed by atoms with Crippen LogP contribution in [0.2, 0.25) is 0 Å². The van der Waals surface area contributed by atoms with Crippen molar-refractivity contribution in [3.05, 3.63) is 0 Å². The highest BCUT2D eigenvalue weighted by Crippen LogP contribution is 2.37. The van der Waals surface area contributed by atoms with E-state index in [1.807, 2.05) is 0 Å². The largest absolute Gasteiger partial charge is 0.347 e. The number of ether oxygens (including phenoxy) is 2. The van der Waals surface area contributed by atoms with Gasteiger partial charge in [0.15, 0.2) is 5.79 Å². The Balaban J connectivity index is 1.94. The highest BCUT2D eigenvalue weighted by Gasteiger charge is 2.41. The molecule has 70 valence electrons. The molecule has 0 unspecified atom stereocenters. The minimum atomic E-state index is -0.238. The van der Waals surface area contributed by atoms with Crippen molar-refractivity contribution in [3.8, 4) is 0 Å². The topological polar surface area (TPSA) is 18.5 Å². The fourth-order valence-electron chi connectivity index (χ4n) is 2.05. The predicted octanol–water partition coefficient (Wildman–Crippen LogP) is 2.30. The summed E-state index contributed by atoms with van der Waals surface area (Å²) in [6.07, 6.45) is 6.02. The fourth-order valence-corrected chi connectivity index (χ4v) is 2.20. The number of alkyl halides is 1. The Morgan fingerprint density at radius 3 is 2.58 bits per heavy atom. The fraction of sp³-hybridized carbons (Fsp3) is 1.00. The second-order valence-corrected chi connectivity index (χ2v) is 3.99. The van der Waals surface area contributed by atoms with Gasteiger partial charge in [0.1, 0.15) is 0 Å². The maximum Gasteiger partial charge on any atom is 0.168 e. The SMILES string of the molecule is ClC[C@@H]1COC2(CCCCC2)O1. The minimum Gasteiger partial charge on any atom is -0.347 e. The van der Waals surface area contributed by atoms with Gasteiger partial charge in [0.2, 0.25) is 0 Å². The molecular weight excluding hydrogens is 176 g/mol. The van der Waals surface area contributed by atoms with Crippen LogP contribution < -0.4 is 0 Å².